The Balaban J connectivity index is 1.69. The fourth-order valence-electron chi connectivity index (χ4n) is 5.02. The highest BCUT2D eigenvalue weighted by atomic mass is 16.5. The Morgan fingerprint density at radius 3 is 2.33 bits per heavy atom. The minimum atomic E-state index is -0.518. The number of aryl methyl sites for hydroxylation is 1. The Morgan fingerprint density at radius 1 is 0.950 bits per heavy atom. The number of tetrazole rings is 1. The molecule has 0 bridgehead atoms. The second-order valence-corrected chi connectivity index (χ2v) is 11.1. The van der Waals surface area contributed by atoms with Crippen molar-refractivity contribution in [1.29, 1.82) is 0 Å². The summed E-state index contributed by atoms with van der Waals surface area (Å²) >= 11 is 0. The molecule has 1 atom stereocenters. The van der Waals surface area contributed by atoms with E-state index in [-0.39, 0.29) is 5.56 Å². The molecule has 0 aliphatic rings. The molecule has 5 rings (SSSR count). The van der Waals surface area contributed by atoms with Crippen LogP contribution in [0.4, 0.5) is 0 Å². The van der Waals surface area contributed by atoms with Crippen molar-refractivity contribution in [2.45, 2.75) is 59.3 Å². The van der Waals surface area contributed by atoms with E-state index >= 15 is 0 Å². The lowest BCUT2D eigenvalue weighted by molar-refractivity contribution is 0.184. The van der Waals surface area contributed by atoms with Gasteiger partial charge in [-0.1, -0.05) is 54.6 Å². The average molecular weight is 537 g/mol. The molecule has 0 aliphatic carbocycles. The van der Waals surface area contributed by atoms with Crippen molar-refractivity contribution in [3.05, 3.63) is 117 Å². The number of benzene rings is 3. The molecule has 3 aromatic carbocycles. The molecule has 8 nitrogen and oxygen atoms in total. The number of nitrogens with zero attached hydrogens (tertiary/aromatic N) is 5. The summed E-state index contributed by atoms with van der Waals surface area (Å²) in [6.07, 6.45) is 0. The molecule has 2 aromatic heterocycles. The zero-order valence-electron chi connectivity index (χ0n) is 23.8. The molecular weight excluding hydrogens is 500 g/mol. The van der Waals surface area contributed by atoms with Crippen molar-refractivity contribution in [3.8, 4) is 5.75 Å². The first-order valence-electron chi connectivity index (χ1n) is 13.6. The van der Waals surface area contributed by atoms with Crippen molar-refractivity contribution in [2.75, 3.05) is 6.61 Å². The summed E-state index contributed by atoms with van der Waals surface area (Å²) in [5.74, 6) is 1.45. The number of hydrogen-bond acceptors (Lipinski definition) is 6. The van der Waals surface area contributed by atoms with Gasteiger partial charge >= 0.3 is 0 Å². The van der Waals surface area contributed by atoms with Crippen LogP contribution < -0.4 is 10.3 Å². The number of aromatic nitrogens is 5. The monoisotopic (exact) mass is 536 g/mol. The maximum Gasteiger partial charge on any atom is 0.253 e. The van der Waals surface area contributed by atoms with Gasteiger partial charge in [-0.25, -0.2) is 4.68 Å². The van der Waals surface area contributed by atoms with E-state index in [1.54, 1.807) is 0 Å². The lowest BCUT2D eigenvalue weighted by Gasteiger charge is -2.33. The Bertz CT molecular complexity index is 1630. The number of aromatic amines is 1. The summed E-state index contributed by atoms with van der Waals surface area (Å²) in [6, 6.07) is 25.9. The normalized spacial score (nSPS) is 12.7. The van der Waals surface area contributed by atoms with E-state index in [4.69, 9.17) is 4.74 Å². The molecule has 0 fully saturated rings. The fourth-order valence-corrected chi connectivity index (χ4v) is 5.02. The third-order valence-electron chi connectivity index (χ3n) is 6.91. The molecule has 0 spiro atoms. The van der Waals surface area contributed by atoms with Gasteiger partial charge in [0, 0.05) is 24.2 Å². The molecule has 0 saturated carbocycles. The number of H-pyrrole nitrogens is 1. The smallest absolute Gasteiger partial charge is 0.253 e. The van der Waals surface area contributed by atoms with Crippen molar-refractivity contribution >= 4 is 10.9 Å². The van der Waals surface area contributed by atoms with E-state index < -0.39 is 11.6 Å². The van der Waals surface area contributed by atoms with Gasteiger partial charge in [-0.15, -0.1) is 5.10 Å². The lowest BCUT2D eigenvalue weighted by atomic mass is 9.99. The van der Waals surface area contributed by atoms with Gasteiger partial charge in [0.1, 0.15) is 11.8 Å². The highest BCUT2D eigenvalue weighted by Crippen LogP contribution is 2.32. The van der Waals surface area contributed by atoms with Crippen molar-refractivity contribution < 1.29 is 4.74 Å². The van der Waals surface area contributed by atoms with Crippen LogP contribution in [0.2, 0.25) is 0 Å². The number of hydrogen-bond donors (Lipinski definition) is 1. The first-order valence-corrected chi connectivity index (χ1v) is 13.6. The van der Waals surface area contributed by atoms with Gasteiger partial charge in [-0.2, -0.15) is 0 Å². The van der Waals surface area contributed by atoms with Gasteiger partial charge < -0.3 is 9.72 Å². The Hall–Kier alpha value is -4.30. The molecule has 40 heavy (non-hydrogen) atoms. The third-order valence-corrected chi connectivity index (χ3v) is 6.91. The SMILES string of the molecule is CCOc1ccc(CN(Cc2ccccc2)[C@H](c2cc3ccc(C)cc3[nH]c2=O)c2nnnn2C(C)(C)C)cc1. The summed E-state index contributed by atoms with van der Waals surface area (Å²) in [5.41, 5.74) is 4.16. The molecule has 0 aliphatic heterocycles. The summed E-state index contributed by atoms with van der Waals surface area (Å²) in [7, 11) is 0. The molecule has 1 N–H and O–H groups in total. The quantitative estimate of drug-likeness (QED) is 0.257. The van der Waals surface area contributed by atoms with Crippen molar-refractivity contribution in [2.24, 2.45) is 0 Å². The summed E-state index contributed by atoms with van der Waals surface area (Å²) in [4.78, 5) is 19.2. The molecule has 8 heteroatoms. The van der Waals surface area contributed by atoms with Crippen LogP contribution in [-0.2, 0) is 18.6 Å². The van der Waals surface area contributed by atoms with Crippen LogP contribution in [0.15, 0.2) is 83.7 Å². The highest BCUT2D eigenvalue weighted by Gasteiger charge is 2.33. The summed E-state index contributed by atoms with van der Waals surface area (Å²) in [6.45, 7) is 11.9. The van der Waals surface area contributed by atoms with E-state index in [1.807, 2.05) is 67.1 Å². The minimum absolute atomic E-state index is 0.156. The maximum atomic E-state index is 13.8. The maximum absolute atomic E-state index is 13.8. The van der Waals surface area contributed by atoms with E-state index in [1.165, 1.54) is 0 Å². The van der Waals surface area contributed by atoms with Crippen molar-refractivity contribution in [3.63, 3.8) is 0 Å². The largest absolute Gasteiger partial charge is 0.494 e. The molecule has 5 aromatic rings. The van der Waals surface area contributed by atoms with E-state index in [0.29, 0.717) is 31.1 Å². The highest BCUT2D eigenvalue weighted by molar-refractivity contribution is 5.79. The summed E-state index contributed by atoms with van der Waals surface area (Å²) < 4.78 is 7.49. The molecule has 0 unspecified atom stereocenters. The van der Waals surface area contributed by atoms with Gasteiger partial charge in [0.05, 0.1) is 12.1 Å². The van der Waals surface area contributed by atoms with Crippen LogP contribution in [0.25, 0.3) is 10.9 Å². The van der Waals surface area contributed by atoms with E-state index in [2.05, 4.69) is 76.5 Å². The topological polar surface area (TPSA) is 88.9 Å². The standard InChI is InChI=1S/C32H36N6O2/c1-6-40-26-16-13-24(14-17-26)21-37(20-23-10-8-7-9-11-23)29(30-34-35-36-38(30)32(3,4)5)27-19-25-15-12-22(2)18-28(25)33-31(27)39/h7-19,29H,6,20-21H2,1-5H3,(H,33,39)/t29-/m1/s1. The van der Waals surface area contributed by atoms with Gasteiger partial charge in [0.15, 0.2) is 5.82 Å². The Morgan fingerprint density at radius 2 is 1.65 bits per heavy atom. The third kappa shape index (κ3) is 5.97. The van der Waals surface area contributed by atoms with Crippen LogP contribution in [-0.4, -0.2) is 36.7 Å². The van der Waals surface area contributed by atoms with Crippen LogP contribution in [0.3, 0.4) is 0 Å². The van der Waals surface area contributed by atoms with E-state index in [9.17, 15) is 4.79 Å². The predicted molar refractivity (Wildman–Crippen MR) is 157 cm³/mol. The second-order valence-electron chi connectivity index (χ2n) is 11.1. The van der Waals surface area contributed by atoms with Gasteiger partial charge in [-0.3, -0.25) is 9.69 Å². The molecule has 0 saturated heterocycles. The van der Waals surface area contributed by atoms with Crippen LogP contribution >= 0.6 is 0 Å². The minimum Gasteiger partial charge on any atom is -0.494 e. The number of pyridine rings is 1. The molecule has 206 valence electrons. The van der Waals surface area contributed by atoms with Crippen LogP contribution in [0.1, 0.15) is 61.8 Å². The zero-order chi connectivity index (χ0) is 28.3. The fraction of sp³-hybridized carbons (Fsp3) is 0.312. The Labute approximate surface area is 234 Å². The average Bonchev–Trinajstić information content (AvgIpc) is 3.41. The first kappa shape index (κ1) is 27.3. The van der Waals surface area contributed by atoms with Gasteiger partial charge in [0.25, 0.3) is 5.56 Å². The lowest BCUT2D eigenvalue weighted by Crippen LogP contribution is -2.37. The van der Waals surface area contributed by atoms with Gasteiger partial charge in [-0.05, 0) is 91.4 Å². The molecule has 0 amide bonds. The number of ether oxygens (including phenoxy) is 1. The molecular formula is C32H36N6O2. The summed E-state index contributed by atoms with van der Waals surface area (Å²) in [5, 5.41) is 13.9. The molecule has 2 heterocycles. The second kappa shape index (κ2) is 11.4. The van der Waals surface area contributed by atoms with Gasteiger partial charge in [0.2, 0.25) is 0 Å². The molecule has 0 radical (unpaired) electrons. The van der Waals surface area contributed by atoms with E-state index in [0.717, 1.165) is 33.3 Å². The van der Waals surface area contributed by atoms with Crippen LogP contribution in [0.5, 0.6) is 5.75 Å². The number of nitrogens with one attached hydrogen (secondary N) is 1. The zero-order valence-corrected chi connectivity index (χ0v) is 23.8. The van der Waals surface area contributed by atoms with Crippen LogP contribution in [0, 0.1) is 6.92 Å². The number of fused-ring (bicyclic) bond motifs is 1. The predicted octanol–water partition coefficient (Wildman–Crippen LogP) is 5.77. The first-order chi connectivity index (χ1) is 19.2. The van der Waals surface area contributed by atoms with Crippen molar-refractivity contribution in [1.82, 2.24) is 30.1 Å². The number of rotatable bonds is 9. The Kier molecular flexibility index (Phi) is 7.80.